The van der Waals surface area contributed by atoms with Crippen molar-refractivity contribution in [2.45, 2.75) is 6.42 Å². The molecule has 1 rings (SSSR count). The van der Waals surface area contributed by atoms with E-state index in [1.165, 1.54) is 5.56 Å². The monoisotopic (exact) mass is 243 g/mol. The van der Waals surface area contributed by atoms with Crippen molar-refractivity contribution in [3.8, 4) is 0 Å². The summed E-state index contributed by atoms with van der Waals surface area (Å²) in [6, 6.07) is 8.01. The molecule has 1 aromatic rings. The van der Waals surface area contributed by atoms with Gasteiger partial charge in [-0.15, -0.1) is 0 Å². The first-order valence-electron chi connectivity index (χ1n) is 4.32. The van der Waals surface area contributed by atoms with Gasteiger partial charge in [-0.25, -0.2) is 0 Å². The Morgan fingerprint density at radius 2 is 2.08 bits per heavy atom. The molecule has 0 bridgehead atoms. The van der Waals surface area contributed by atoms with Crippen molar-refractivity contribution >= 4 is 15.9 Å². The molecule has 0 amide bonds. The second-order valence-electron chi connectivity index (χ2n) is 3.08. The van der Waals surface area contributed by atoms with Crippen molar-refractivity contribution in [3.05, 3.63) is 34.3 Å². The van der Waals surface area contributed by atoms with Crippen molar-refractivity contribution in [3.63, 3.8) is 0 Å². The van der Waals surface area contributed by atoms with Gasteiger partial charge in [-0.3, -0.25) is 0 Å². The Labute approximate surface area is 86.9 Å². The summed E-state index contributed by atoms with van der Waals surface area (Å²) < 4.78 is 1.09. The van der Waals surface area contributed by atoms with Crippen LogP contribution >= 0.6 is 15.9 Å². The topological polar surface area (TPSA) is 46.2 Å². The zero-order valence-electron chi connectivity index (χ0n) is 7.41. The number of hydrogen-bond acceptors (Lipinski definition) is 2. The van der Waals surface area contributed by atoms with E-state index in [9.17, 15) is 0 Å². The summed E-state index contributed by atoms with van der Waals surface area (Å²) in [5, 5.41) is 8.98. The van der Waals surface area contributed by atoms with Crippen molar-refractivity contribution in [1.82, 2.24) is 0 Å². The van der Waals surface area contributed by atoms with Gasteiger partial charge in [-0.1, -0.05) is 34.1 Å². The van der Waals surface area contributed by atoms with E-state index in [4.69, 9.17) is 10.8 Å². The molecule has 0 unspecified atom stereocenters. The normalized spacial score (nSPS) is 12.8. The fourth-order valence-corrected chi connectivity index (χ4v) is 1.64. The van der Waals surface area contributed by atoms with Crippen molar-refractivity contribution < 1.29 is 5.11 Å². The first-order chi connectivity index (χ1) is 6.27. The molecule has 0 aliphatic heterocycles. The summed E-state index contributed by atoms with van der Waals surface area (Å²) in [5.74, 6) is 0.165. The van der Waals surface area contributed by atoms with E-state index >= 15 is 0 Å². The summed E-state index contributed by atoms with van der Waals surface area (Å²) >= 11 is 3.46. The molecular weight excluding hydrogens is 230 g/mol. The van der Waals surface area contributed by atoms with E-state index in [0.717, 1.165) is 10.9 Å². The Balaban J connectivity index is 2.67. The largest absolute Gasteiger partial charge is 0.396 e. The molecule has 0 fully saturated rings. The second-order valence-corrected chi connectivity index (χ2v) is 3.93. The molecule has 3 N–H and O–H groups in total. The van der Waals surface area contributed by atoms with Gasteiger partial charge in [0.2, 0.25) is 0 Å². The number of rotatable bonds is 4. The Morgan fingerprint density at radius 1 is 1.38 bits per heavy atom. The fourth-order valence-electron chi connectivity index (χ4n) is 1.20. The molecule has 0 saturated carbocycles. The van der Waals surface area contributed by atoms with Gasteiger partial charge in [-0.2, -0.15) is 0 Å². The maximum absolute atomic E-state index is 8.98. The van der Waals surface area contributed by atoms with E-state index in [0.29, 0.717) is 6.54 Å². The predicted molar refractivity (Wildman–Crippen MR) is 57.5 cm³/mol. The highest BCUT2D eigenvalue weighted by Gasteiger charge is 2.07. The zero-order valence-corrected chi connectivity index (χ0v) is 9.00. The molecule has 0 radical (unpaired) electrons. The Hall–Kier alpha value is -0.380. The van der Waals surface area contributed by atoms with Crippen LogP contribution in [0.5, 0.6) is 0 Å². The molecule has 72 valence electrons. The average molecular weight is 244 g/mol. The molecule has 13 heavy (non-hydrogen) atoms. The van der Waals surface area contributed by atoms with Crippen LogP contribution in [0.15, 0.2) is 28.7 Å². The lowest BCUT2D eigenvalue weighted by Gasteiger charge is -2.12. The van der Waals surface area contributed by atoms with Crippen LogP contribution in [-0.2, 0) is 6.42 Å². The maximum atomic E-state index is 8.98. The third kappa shape index (κ3) is 3.10. The van der Waals surface area contributed by atoms with Crippen molar-refractivity contribution in [1.29, 1.82) is 0 Å². The van der Waals surface area contributed by atoms with E-state index in [-0.39, 0.29) is 12.5 Å². The molecular formula is C10H14BrNO. The van der Waals surface area contributed by atoms with E-state index in [2.05, 4.69) is 15.9 Å². The Morgan fingerprint density at radius 3 is 2.62 bits per heavy atom. The lowest BCUT2D eigenvalue weighted by molar-refractivity contribution is 0.229. The minimum absolute atomic E-state index is 0.151. The van der Waals surface area contributed by atoms with Crippen LogP contribution in [0.2, 0.25) is 0 Å². The summed E-state index contributed by atoms with van der Waals surface area (Å²) in [4.78, 5) is 0. The minimum atomic E-state index is 0.151. The van der Waals surface area contributed by atoms with E-state index < -0.39 is 0 Å². The number of hydrogen-bond donors (Lipinski definition) is 2. The van der Waals surface area contributed by atoms with Crippen LogP contribution in [0.1, 0.15) is 5.56 Å². The van der Waals surface area contributed by atoms with Gasteiger partial charge >= 0.3 is 0 Å². The average Bonchev–Trinajstić information content (AvgIpc) is 2.17. The molecule has 0 spiro atoms. The van der Waals surface area contributed by atoms with Crippen LogP contribution in [0, 0.1) is 5.92 Å². The molecule has 1 atom stereocenters. The van der Waals surface area contributed by atoms with Gasteiger partial charge in [-0.05, 0) is 30.5 Å². The van der Waals surface area contributed by atoms with Gasteiger partial charge in [0, 0.05) is 11.1 Å². The van der Waals surface area contributed by atoms with Gasteiger partial charge in [0.25, 0.3) is 0 Å². The maximum Gasteiger partial charge on any atom is 0.0474 e. The predicted octanol–water partition coefficient (Wildman–Crippen LogP) is 1.56. The fraction of sp³-hybridized carbons (Fsp3) is 0.400. The van der Waals surface area contributed by atoms with Gasteiger partial charge in [0.1, 0.15) is 0 Å². The van der Waals surface area contributed by atoms with Gasteiger partial charge < -0.3 is 10.8 Å². The number of aliphatic hydroxyl groups excluding tert-OH is 1. The molecule has 0 aliphatic rings. The molecule has 0 aromatic heterocycles. The molecule has 2 nitrogen and oxygen atoms in total. The van der Waals surface area contributed by atoms with Crippen molar-refractivity contribution in [2.24, 2.45) is 11.7 Å². The first-order valence-corrected chi connectivity index (χ1v) is 5.11. The third-order valence-corrected chi connectivity index (χ3v) is 2.83. The smallest absolute Gasteiger partial charge is 0.0474 e. The molecule has 0 aliphatic carbocycles. The minimum Gasteiger partial charge on any atom is -0.396 e. The highest BCUT2D eigenvalue weighted by atomic mass is 79.9. The van der Waals surface area contributed by atoms with Crippen LogP contribution in [0.25, 0.3) is 0 Å². The Kier molecular flexibility index (Phi) is 4.42. The van der Waals surface area contributed by atoms with Crippen LogP contribution in [0.4, 0.5) is 0 Å². The van der Waals surface area contributed by atoms with Crippen LogP contribution in [0.3, 0.4) is 0 Å². The number of nitrogens with two attached hydrogens (primary N) is 1. The molecule has 0 heterocycles. The standard InChI is InChI=1S/C10H14BrNO/c11-10-4-2-1-3-9(10)5-8(6-12)7-13/h1-4,8,13H,5-7,12H2/t8-/m1/s1. The quantitative estimate of drug-likeness (QED) is 0.844. The lowest BCUT2D eigenvalue weighted by atomic mass is 10.0. The molecule has 0 saturated heterocycles. The number of benzene rings is 1. The summed E-state index contributed by atoms with van der Waals surface area (Å²) in [6.07, 6.45) is 0.828. The number of halogens is 1. The summed E-state index contributed by atoms with van der Waals surface area (Å²) in [6.45, 7) is 0.676. The van der Waals surface area contributed by atoms with Crippen LogP contribution in [-0.4, -0.2) is 18.3 Å². The lowest BCUT2D eigenvalue weighted by Crippen LogP contribution is -2.20. The molecule has 3 heteroatoms. The van der Waals surface area contributed by atoms with Gasteiger partial charge in [0.05, 0.1) is 0 Å². The zero-order chi connectivity index (χ0) is 9.68. The van der Waals surface area contributed by atoms with Crippen LogP contribution < -0.4 is 5.73 Å². The Bertz CT molecular complexity index is 261. The summed E-state index contributed by atoms with van der Waals surface area (Å²) in [7, 11) is 0. The second kappa shape index (κ2) is 5.37. The molecule has 1 aromatic carbocycles. The van der Waals surface area contributed by atoms with E-state index in [1.54, 1.807) is 0 Å². The van der Waals surface area contributed by atoms with E-state index in [1.807, 2.05) is 24.3 Å². The van der Waals surface area contributed by atoms with Gasteiger partial charge in [0.15, 0.2) is 0 Å². The highest BCUT2D eigenvalue weighted by Crippen LogP contribution is 2.18. The first kappa shape index (κ1) is 10.7. The number of aliphatic hydroxyl groups is 1. The van der Waals surface area contributed by atoms with Crippen molar-refractivity contribution in [2.75, 3.05) is 13.2 Å². The SMILES string of the molecule is NC[C@H](CO)Cc1ccccc1Br. The summed E-state index contributed by atoms with van der Waals surface area (Å²) in [5.41, 5.74) is 6.71. The highest BCUT2D eigenvalue weighted by molar-refractivity contribution is 9.10. The third-order valence-electron chi connectivity index (χ3n) is 2.06.